The lowest BCUT2D eigenvalue weighted by Gasteiger charge is -2.05. The van der Waals surface area contributed by atoms with Crippen LogP contribution in [0.2, 0.25) is 0 Å². The number of hydrogen-bond acceptors (Lipinski definition) is 1. The molecule has 0 radical (unpaired) electrons. The van der Waals surface area contributed by atoms with E-state index in [-0.39, 0.29) is 0 Å². The van der Waals surface area contributed by atoms with Crippen LogP contribution in [0.15, 0.2) is 23.8 Å². The van der Waals surface area contributed by atoms with Crippen molar-refractivity contribution in [1.29, 1.82) is 0 Å². The van der Waals surface area contributed by atoms with Crippen molar-refractivity contribution in [3.05, 3.63) is 35.2 Å². The van der Waals surface area contributed by atoms with Gasteiger partial charge in [0.1, 0.15) is 5.82 Å². The Hall–Kier alpha value is -1.57. The maximum Gasteiger partial charge on any atom is 0.136 e. The topological polar surface area (TPSA) is 17.8 Å². The molecular formula is C16H22N2. The van der Waals surface area contributed by atoms with Crippen LogP contribution in [0.4, 0.5) is 0 Å². The summed E-state index contributed by atoms with van der Waals surface area (Å²) in [6, 6.07) is 6.46. The fourth-order valence-corrected chi connectivity index (χ4v) is 2.26. The Kier molecular flexibility index (Phi) is 3.29. The van der Waals surface area contributed by atoms with Crippen LogP contribution in [0, 0.1) is 0 Å². The third kappa shape index (κ3) is 1.96. The fourth-order valence-electron chi connectivity index (χ4n) is 2.26. The molecule has 96 valence electrons. The highest BCUT2D eigenvalue weighted by molar-refractivity contribution is 5.83. The zero-order valence-electron chi connectivity index (χ0n) is 12.2. The zero-order valence-corrected chi connectivity index (χ0v) is 12.2. The molecule has 1 heterocycles. The van der Waals surface area contributed by atoms with Gasteiger partial charge in [0, 0.05) is 7.05 Å². The maximum absolute atomic E-state index is 4.86. The molecule has 0 aliphatic carbocycles. The zero-order chi connectivity index (χ0) is 13.4. The van der Waals surface area contributed by atoms with Crippen molar-refractivity contribution in [2.45, 2.75) is 40.5 Å². The first-order chi connectivity index (χ1) is 8.43. The molecule has 2 heteroatoms. The Bertz CT molecular complexity index is 611. The smallest absolute Gasteiger partial charge is 0.136 e. The van der Waals surface area contributed by atoms with E-state index >= 15 is 0 Å². The molecule has 0 bridgehead atoms. The van der Waals surface area contributed by atoms with Crippen LogP contribution >= 0.6 is 0 Å². The van der Waals surface area contributed by atoms with Crippen molar-refractivity contribution >= 4 is 16.6 Å². The summed E-state index contributed by atoms with van der Waals surface area (Å²) < 4.78 is 2.20. The van der Waals surface area contributed by atoms with Gasteiger partial charge in [0.15, 0.2) is 0 Å². The molecule has 0 spiro atoms. The number of para-hydroxylation sites is 1. The fraction of sp³-hybridized carbons (Fsp3) is 0.438. The molecule has 1 aromatic carbocycles. The second-order valence-electron chi connectivity index (χ2n) is 5.49. The quantitative estimate of drug-likeness (QED) is 0.757. The van der Waals surface area contributed by atoms with Crippen molar-refractivity contribution < 1.29 is 0 Å². The number of hydrogen-bond donors (Lipinski definition) is 0. The molecule has 18 heavy (non-hydrogen) atoms. The second-order valence-corrected chi connectivity index (χ2v) is 5.49. The number of rotatable bonds is 2. The molecule has 0 aliphatic rings. The van der Waals surface area contributed by atoms with Gasteiger partial charge in [-0.3, -0.25) is 0 Å². The van der Waals surface area contributed by atoms with Crippen molar-refractivity contribution in [2.24, 2.45) is 7.05 Å². The lowest BCUT2D eigenvalue weighted by atomic mass is 10.0. The number of nitrogens with zero attached hydrogens (tertiary/aromatic N) is 2. The molecule has 0 amide bonds. The van der Waals surface area contributed by atoms with Gasteiger partial charge in [-0.1, -0.05) is 31.6 Å². The third-order valence-electron chi connectivity index (χ3n) is 3.65. The summed E-state index contributed by atoms with van der Waals surface area (Å²) in [6.07, 6.45) is 0. The van der Waals surface area contributed by atoms with E-state index in [1.54, 1.807) is 0 Å². The SMILES string of the molecule is CC(C)=C(C)c1nc2c(C(C)C)cccc2n1C. The van der Waals surface area contributed by atoms with E-state index in [0.717, 1.165) is 11.3 Å². The van der Waals surface area contributed by atoms with E-state index in [1.807, 2.05) is 0 Å². The van der Waals surface area contributed by atoms with Gasteiger partial charge in [-0.05, 0) is 43.9 Å². The van der Waals surface area contributed by atoms with Gasteiger partial charge in [0.05, 0.1) is 11.0 Å². The predicted octanol–water partition coefficient (Wildman–Crippen LogP) is 4.51. The summed E-state index contributed by atoms with van der Waals surface area (Å²) in [4.78, 5) is 4.86. The largest absolute Gasteiger partial charge is 0.327 e. The van der Waals surface area contributed by atoms with Crippen LogP contribution in [-0.4, -0.2) is 9.55 Å². The standard InChI is InChI=1S/C16H22N2/c1-10(2)12(5)16-17-15-13(11(3)4)8-7-9-14(15)18(16)6/h7-9,11H,1-6H3. The summed E-state index contributed by atoms with van der Waals surface area (Å²) >= 11 is 0. The molecule has 1 aromatic heterocycles. The van der Waals surface area contributed by atoms with Crippen LogP contribution in [0.25, 0.3) is 16.6 Å². The van der Waals surface area contributed by atoms with E-state index in [2.05, 4.69) is 64.4 Å². The van der Waals surface area contributed by atoms with E-state index in [1.165, 1.54) is 22.2 Å². The Morgan fingerprint density at radius 3 is 2.39 bits per heavy atom. The first-order valence-corrected chi connectivity index (χ1v) is 6.53. The first-order valence-electron chi connectivity index (χ1n) is 6.53. The summed E-state index contributed by atoms with van der Waals surface area (Å²) in [5, 5.41) is 0. The number of aryl methyl sites for hydroxylation is 1. The molecule has 0 saturated heterocycles. The molecule has 0 atom stereocenters. The van der Waals surface area contributed by atoms with Gasteiger partial charge in [-0.25, -0.2) is 4.98 Å². The molecule has 2 rings (SSSR count). The number of benzene rings is 1. The predicted molar refractivity (Wildman–Crippen MR) is 78.7 cm³/mol. The molecular weight excluding hydrogens is 220 g/mol. The summed E-state index contributed by atoms with van der Waals surface area (Å²) in [6.45, 7) is 10.9. The Morgan fingerprint density at radius 2 is 1.83 bits per heavy atom. The van der Waals surface area contributed by atoms with Crippen molar-refractivity contribution in [1.82, 2.24) is 9.55 Å². The Morgan fingerprint density at radius 1 is 1.17 bits per heavy atom. The molecule has 0 aliphatic heterocycles. The lowest BCUT2D eigenvalue weighted by molar-refractivity contribution is 0.873. The van der Waals surface area contributed by atoms with Crippen LogP contribution < -0.4 is 0 Å². The highest BCUT2D eigenvalue weighted by Crippen LogP contribution is 2.28. The Labute approximate surface area is 109 Å². The van der Waals surface area contributed by atoms with E-state index in [4.69, 9.17) is 4.98 Å². The summed E-state index contributed by atoms with van der Waals surface area (Å²) in [7, 11) is 2.10. The maximum atomic E-state index is 4.86. The van der Waals surface area contributed by atoms with Crippen molar-refractivity contribution in [3.8, 4) is 0 Å². The van der Waals surface area contributed by atoms with Gasteiger partial charge in [-0.2, -0.15) is 0 Å². The van der Waals surface area contributed by atoms with Crippen molar-refractivity contribution in [2.75, 3.05) is 0 Å². The minimum absolute atomic E-state index is 0.503. The third-order valence-corrected chi connectivity index (χ3v) is 3.65. The van der Waals surface area contributed by atoms with Gasteiger partial charge in [0.2, 0.25) is 0 Å². The van der Waals surface area contributed by atoms with E-state index < -0.39 is 0 Å². The van der Waals surface area contributed by atoms with Crippen molar-refractivity contribution in [3.63, 3.8) is 0 Å². The molecule has 0 fully saturated rings. The molecule has 0 N–H and O–H groups in total. The summed E-state index contributed by atoms with van der Waals surface area (Å²) in [5.74, 6) is 1.58. The van der Waals surface area contributed by atoms with Crippen LogP contribution in [-0.2, 0) is 7.05 Å². The number of aromatic nitrogens is 2. The van der Waals surface area contributed by atoms with Crippen LogP contribution in [0.5, 0.6) is 0 Å². The highest BCUT2D eigenvalue weighted by Gasteiger charge is 2.14. The monoisotopic (exact) mass is 242 g/mol. The first kappa shape index (κ1) is 12.9. The van der Waals surface area contributed by atoms with Crippen LogP contribution in [0.1, 0.15) is 51.9 Å². The molecule has 2 aromatic rings. The second kappa shape index (κ2) is 4.60. The Balaban J connectivity index is 2.78. The molecule has 2 nitrogen and oxygen atoms in total. The summed E-state index contributed by atoms with van der Waals surface area (Å²) in [5.41, 5.74) is 6.28. The highest BCUT2D eigenvalue weighted by atomic mass is 15.1. The lowest BCUT2D eigenvalue weighted by Crippen LogP contribution is -1.96. The van der Waals surface area contributed by atoms with Gasteiger partial charge in [-0.15, -0.1) is 0 Å². The normalized spacial score (nSPS) is 11.3. The molecule has 0 saturated carbocycles. The number of allylic oxidation sites excluding steroid dienone is 2. The minimum atomic E-state index is 0.503. The van der Waals surface area contributed by atoms with Crippen LogP contribution in [0.3, 0.4) is 0 Å². The molecule has 0 unspecified atom stereocenters. The van der Waals surface area contributed by atoms with E-state index in [9.17, 15) is 0 Å². The van der Waals surface area contributed by atoms with E-state index in [0.29, 0.717) is 5.92 Å². The average molecular weight is 242 g/mol. The van der Waals surface area contributed by atoms with Gasteiger partial charge < -0.3 is 4.57 Å². The number of fused-ring (bicyclic) bond motifs is 1. The average Bonchev–Trinajstić information content (AvgIpc) is 2.65. The van der Waals surface area contributed by atoms with Gasteiger partial charge >= 0.3 is 0 Å². The minimum Gasteiger partial charge on any atom is -0.327 e. The van der Waals surface area contributed by atoms with Gasteiger partial charge in [0.25, 0.3) is 0 Å². The number of imidazole rings is 1.